The molecule has 0 saturated carbocycles. The van der Waals surface area contributed by atoms with Gasteiger partial charge in [-0.3, -0.25) is 4.79 Å². The molecule has 0 bridgehead atoms. The third-order valence-electron chi connectivity index (χ3n) is 4.00. The molecule has 1 rings (SSSR count). The van der Waals surface area contributed by atoms with Gasteiger partial charge in [-0.1, -0.05) is 13.3 Å². The van der Waals surface area contributed by atoms with Gasteiger partial charge in [0.2, 0.25) is 0 Å². The zero-order chi connectivity index (χ0) is 13.6. The summed E-state index contributed by atoms with van der Waals surface area (Å²) in [6, 6.07) is 0. The Morgan fingerprint density at radius 3 is 2.78 bits per heavy atom. The molecule has 4 nitrogen and oxygen atoms in total. The summed E-state index contributed by atoms with van der Waals surface area (Å²) in [4.78, 5) is 14.4. The highest BCUT2D eigenvalue weighted by atomic mass is 16.5. The summed E-state index contributed by atoms with van der Waals surface area (Å²) in [6.07, 6.45) is 3.79. The zero-order valence-corrected chi connectivity index (χ0v) is 12.3. The molecule has 1 aliphatic rings. The monoisotopic (exact) mass is 256 g/mol. The van der Waals surface area contributed by atoms with Crippen molar-refractivity contribution in [2.45, 2.75) is 45.6 Å². The van der Waals surface area contributed by atoms with E-state index in [9.17, 15) is 4.79 Å². The maximum absolute atomic E-state index is 12.0. The van der Waals surface area contributed by atoms with Crippen molar-refractivity contribution in [1.29, 1.82) is 0 Å². The number of likely N-dealkylation sites (N-methyl/N-ethyl adjacent to an activating group) is 1. The van der Waals surface area contributed by atoms with Crippen molar-refractivity contribution in [3.63, 3.8) is 0 Å². The Balaban J connectivity index is 2.58. The predicted molar refractivity (Wildman–Crippen MR) is 73.6 cm³/mol. The molecule has 1 heterocycles. The van der Waals surface area contributed by atoms with Crippen molar-refractivity contribution in [3.05, 3.63) is 0 Å². The van der Waals surface area contributed by atoms with E-state index in [4.69, 9.17) is 4.74 Å². The van der Waals surface area contributed by atoms with Gasteiger partial charge in [-0.15, -0.1) is 0 Å². The number of carbonyl (C=O) groups excluding carboxylic acids is 1. The van der Waals surface area contributed by atoms with Crippen LogP contribution in [0.25, 0.3) is 0 Å². The van der Waals surface area contributed by atoms with Crippen molar-refractivity contribution in [2.75, 3.05) is 33.3 Å². The van der Waals surface area contributed by atoms with Gasteiger partial charge in [-0.25, -0.2) is 0 Å². The van der Waals surface area contributed by atoms with Crippen LogP contribution in [0.1, 0.15) is 40.0 Å². The molecular formula is C14H28N2O2. The SMILES string of the molecule is CCOC(=O)C(C)(CN1CCCC(CC)C1)NC. The second-order valence-corrected chi connectivity index (χ2v) is 5.45. The van der Waals surface area contributed by atoms with E-state index < -0.39 is 5.54 Å². The van der Waals surface area contributed by atoms with Crippen molar-refractivity contribution in [2.24, 2.45) is 5.92 Å². The summed E-state index contributed by atoms with van der Waals surface area (Å²) >= 11 is 0. The molecule has 1 saturated heterocycles. The number of carbonyl (C=O) groups is 1. The molecule has 18 heavy (non-hydrogen) atoms. The van der Waals surface area contributed by atoms with Crippen molar-refractivity contribution in [1.82, 2.24) is 10.2 Å². The number of rotatable bonds is 6. The minimum Gasteiger partial charge on any atom is -0.465 e. The molecule has 0 amide bonds. The number of hydrogen-bond acceptors (Lipinski definition) is 4. The molecule has 0 aromatic heterocycles. The molecule has 0 aromatic rings. The molecule has 2 unspecified atom stereocenters. The molecule has 1 fully saturated rings. The highest BCUT2D eigenvalue weighted by molar-refractivity contribution is 5.80. The van der Waals surface area contributed by atoms with Gasteiger partial charge >= 0.3 is 5.97 Å². The minimum atomic E-state index is -0.592. The van der Waals surface area contributed by atoms with E-state index in [2.05, 4.69) is 17.1 Å². The summed E-state index contributed by atoms with van der Waals surface area (Å²) in [5.41, 5.74) is -0.592. The number of ether oxygens (including phenoxy) is 1. The van der Waals surface area contributed by atoms with Gasteiger partial charge in [0.1, 0.15) is 5.54 Å². The maximum atomic E-state index is 12.0. The molecule has 1 N–H and O–H groups in total. The van der Waals surface area contributed by atoms with Crippen LogP contribution in [-0.4, -0.2) is 49.7 Å². The van der Waals surface area contributed by atoms with Crippen LogP contribution in [0.4, 0.5) is 0 Å². The molecule has 0 spiro atoms. The fourth-order valence-electron chi connectivity index (χ4n) is 2.61. The lowest BCUT2D eigenvalue weighted by Gasteiger charge is -2.38. The van der Waals surface area contributed by atoms with E-state index >= 15 is 0 Å². The molecule has 2 atom stereocenters. The van der Waals surface area contributed by atoms with Gasteiger partial charge in [-0.05, 0) is 46.2 Å². The van der Waals surface area contributed by atoms with Gasteiger partial charge in [0, 0.05) is 13.1 Å². The number of likely N-dealkylation sites (tertiary alicyclic amines) is 1. The number of nitrogens with zero attached hydrogens (tertiary/aromatic N) is 1. The third kappa shape index (κ3) is 3.95. The largest absolute Gasteiger partial charge is 0.465 e. The fourth-order valence-corrected chi connectivity index (χ4v) is 2.61. The molecular weight excluding hydrogens is 228 g/mol. The van der Waals surface area contributed by atoms with E-state index in [0.29, 0.717) is 6.61 Å². The third-order valence-corrected chi connectivity index (χ3v) is 4.00. The number of hydrogen-bond donors (Lipinski definition) is 1. The average molecular weight is 256 g/mol. The second-order valence-electron chi connectivity index (χ2n) is 5.45. The number of esters is 1. The summed E-state index contributed by atoms with van der Waals surface area (Å²) in [7, 11) is 1.83. The van der Waals surface area contributed by atoms with Crippen molar-refractivity contribution < 1.29 is 9.53 Å². The normalized spacial score (nSPS) is 24.6. The first-order chi connectivity index (χ1) is 8.55. The van der Waals surface area contributed by atoms with Gasteiger partial charge in [0.25, 0.3) is 0 Å². The van der Waals surface area contributed by atoms with Crippen LogP contribution >= 0.6 is 0 Å². The molecule has 106 valence electrons. The quantitative estimate of drug-likeness (QED) is 0.734. The van der Waals surface area contributed by atoms with Gasteiger partial charge < -0.3 is 15.0 Å². The highest BCUT2D eigenvalue weighted by Crippen LogP contribution is 2.21. The van der Waals surface area contributed by atoms with Gasteiger partial charge in [-0.2, -0.15) is 0 Å². The lowest BCUT2D eigenvalue weighted by molar-refractivity contribution is -0.151. The van der Waals surface area contributed by atoms with Crippen LogP contribution in [0.2, 0.25) is 0 Å². The number of piperidine rings is 1. The molecule has 0 radical (unpaired) electrons. The Morgan fingerprint density at radius 1 is 1.50 bits per heavy atom. The predicted octanol–water partition coefficient (Wildman–Crippen LogP) is 1.65. The minimum absolute atomic E-state index is 0.147. The van der Waals surface area contributed by atoms with Crippen LogP contribution in [-0.2, 0) is 9.53 Å². The van der Waals surface area contributed by atoms with E-state index in [1.165, 1.54) is 19.3 Å². The van der Waals surface area contributed by atoms with Crippen LogP contribution in [0.5, 0.6) is 0 Å². The topological polar surface area (TPSA) is 41.6 Å². The lowest BCUT2D eigenvalue weighted by Crippen LogP contribution is -2.57. The standard InChI is InChI=1S/C14H28N2O2/c1-5-12-8-7-9-16(10-12)11-14(3,15-4)13(17)18-6-2/h12,15H,5-11H2,1-4H3. The highest BCUT2D eigenvalue weighted by Gasteiger charge is 2.36. The van der Waals surface area contributed by atoms with Crippen molar-refractivity contribution in [3.8, 4) is 0 Å². The van der Waals surface area contributed by atoms with Crippen LogP contribution in [0, 0.1) is 5.92 Å². The summed E-state index contributed by atoms with van der Waals surface area (Å²) in [5.74, 6) is 0.633. The molecule has 0 aromatic carbocycles. The molecule has 4 heteroatoms. The number of nitrogens with one attached hydrogen (secondary N) is 1. The Morgan fingerprint density at radius 2 is 2.22 bits per heavy atom. The first-order valence-electron chi connectivity index (χ1n) is 7.14. The van der Waals surface area contributed by atoms with E-state index in [-0.39, 0.29) is 5.97 Å². The zero-order valence-electron chi connectivity index (χ0n) is 12.3. The van der Waals surface area contributed by atoms with Crippen LogP contribution in [0.15, 0.2) is 0 Å². The van der Waals surface area contributed by atoms with E-state index in [1.807, 2.05) is 20.9 Å². The van der Waals surface area contributed by atoms with E-state index in [0.717, 1.165) is 25.6 Å². The van der Waals surface area contributed by atoms with Gasteiger partial charge in [0.05, 0.1) is 6.61 Å². The van der Waals surface area contributed by atoms with Crippen LogP contribution in [0.3, 0.4) is 0 Å². The first kappa shape index (κ1) is 15.4. The Kier molecular flexibility index (Phi) is 6.09. The molecule has 0 aliphatic carbocycles. The molecule has 1 aliphatic heterocycles. The van der Waals surface area contributed by atoms with E-state index in [1.54, 1.807) is 0 Å². The summed E-state index contributed by atoms with van der Waals surface area (Å²) in [5, 5.41) is 3.13. The lowest BCUT2D eigenvalue weighted by atomic mass is 9.93. The summed E-state index contributed by atoms with van der Waals surface area (Å²) in [6.45, 7) is 9.40. The second kappa shape index (κ2) is 7.10. The summed E-state index contributed by atoms with van der Waals surface area (Å²) < 4.78 is 5.16. The fraction of sp³-hybridized carbons (Fsp3) is 0.929. The smallest absolute Gasteiger partial charge is 0.327 e. The first-order valence-corrected chi connectivity index (χ1v) is 7.14. The Hall–Kier alpha value is -0.610. The Labute approximate surface area is 111 Å². The van der Waals surface area contributed by atoms with Crippen LogP contribution < -0.4 is 5.32 Å². The van der Waals surface area contributed by atoms with Gasteiger partial charge in [0.15, 0.2) is 0 Å². The Bertz CT molecular complexity index is 271. The van der Waals surface area contributed by atoms with Crippen molar-refractivity contribution >= 4 is 5.97 Å². The average Bonchev–Trinajstić information content (AvgIpc) is 2.39. The maximum Gasteiger partial charge on any atom is 0.327 e.